The molecule has 0 aliphatic heterocycles. The number of amides is 1. The zero-order chi connectivity index (χ0) is 15.2. The number of nitrogens with zero attached hydrogens (tertiary/aromatic N) is 3. The van der Waals surface area contributed by atoms with Gasteiger partial charge in [0.05, 0.1) is 17.6 Å². The highest BCUT2D eigenvalue weighted by atomic mass is 79.9. The molecule has 2 aromatic rings. The number of aromatic nitrogens is 3. The summed E-state index contributed by atoms with van der Waals surface area (Å²) in [5.74, 6) is -0.155. The van der Waals surface area contributed by atoms with Crippen molar-refractivity contribution in [3.05, 3.63) is 39.0 Å². The number of nitrogens with one attached hydrogen (secondary N) is 2. The van der Waals surface area contributed by atoms with Gasteiger partial charge in [0.15, 0.2) is 0 Å². The van der Waals surface area contributed by atoms with Crippen LogP contribution in [0.2, 0.25) is 0 Å². The molecule has 0 saturated heterocycles. The van der Waals surface area contributed by atoms with E-state index < -0.39 is 0 Å². The average Bonchev–Trinajstić information content (AvgIpc) is 2.87. The Hall–Kier alpha value is -1.25. The van der Waals surface area contributed by atoms with Crippen LogP contribution in [0.3, 0.4) is 0 Å². The van der Waals surface area contributed by atoms with E-state index in [9.17, 15) is 4.79 Å². The van der Waals surface area contributed by atoms with Crippen LogP contribution < -0.4 is 10.6 Å². The van der Waals surface area contributed by atoms with Crippen molar-refractivity contribution in [2.24, 2.45) is 0 Å². The molecule has 1 aromatic heterocycles. The predicted molar refractivity (Wildman–Crippen MR) is 87.9 cm³/mol. The monoisotopic (exact) mass is 415 g/mol. The minimum Gasteiger partial charge on any atom is -0.323 e. The zero-order valence-corrected chi connectivity index (χ0v) is 14.6. The molecule has 0 aliphatic carbocycles. The Morgan fingerprint density at radius 1 is 1.38 bits per heavy atom. The van der Waals surface area contributed by atoms with Gasteiger partial charge < -0.3 is 10.6 Å². The lowest BCUT2D eigenvalue weighted by Gasteiger charge is -2.07. The summed E-state index contributed by atoms with van der Waals surface area (Å²) in [6.45, 7) is 3.66. The molecule has 0 fully saturated rings. The summed E-state index contributed by atoms with van der Waals surface area (Å²) in [7, 11) is 0. The van der Waals surface area contributed by atoms with Crippen LogP contribution in [-0.2, 0) is 17.9 Å². The number of carbonyl (C=O) groups excluding carboxylic acids is 1. The quantitative estimate of drug-likeness (QED) is 0.758. The van der Waals surface area contributed by atoms with Crippen molar-refractivity contribution in [3.8, 4) is 0 Å². The van der Waals surface area contributed by atoms with Gasteiger partial charge in [-0.05, 0) is 40.7 Å². The van der Waals surface area contributed by atoms with E-state index in [1.165, 1.54) is 4.68 Å². The van der Waals surface area contributed by atoms with E-state index in [-0.39, 0.29) is 12.5 Å². The maximum absolute atomic E-state index is 12.0. The highest BCUT2D eigenvalue weighted by molar-refractivity contribution is 9.11. The molecule has 0 spiro atoms. The highest BCUT2D eigenvalue weighted by Crippen LogP contribution is 2.26. The molecule has 2 rings (SSSR count). The summed E-state index contributed by atoms with van der Waals surface area (Å²) < 4.78 is 3.28. The van der Waals surface area contributed by atoms with Crippen molar-refractivity contribution in [1.29, 1.82) is 0 Å². The maximum atomic E-state index is 12.0. The minimum absolute atomic E-state index is 0.127. The standard InChI is InChI=1S/C13H15Br2N5O/c1-2-16-6-10-7-20(19-18-10)8-13(21)17-12-4-3-9(14)5-11(12)15/h3-5,7,16H,2,6,8H2,1H3,(H,17,21). The Labute approximate surface area is 139 Å². The Bertz CT molecular complexity index is 629. The molecular formula is C13H15Br2N5O. The Kier molecular flexibility index (Phi) is 5.89. The molecule has 1 heterocycles. The van der Waals surface area contributed by atoms with Gasteiger partial charge >= 0.3 is 0 Å². The second-order valence-electron chi connectivity index (χ2n) is 4.36. The smallest absolute Gasteiger partial charge is 0.246 e. The van der Waals surface area contributed by atoms with Gasteiger partial charge in [-0.1, -0.05) is 28.1 Å². The van der Waals surface area contributed by atoms with Crippen LogP contribution in [0.4, 0.5) is 5.69 Å². The van der Waals surface area contributed by atoms with E-state index in [0.29, 0.717) is 6.54 Å². The van der Waals surface area contributed by atoms with E-state index in [2.05, 4.69) is 52.8 Å². The van der Waals surface area contributed by atoms with Crippen LogP contribution in [0.15, 0.2) is 33.3 Å². The summed E-state index contributed by atoms with van der Waals surface area (Å²) in [5.41, 5.74) is 1.53. The van der Waals surface area contributed by atoms with E-state index >= 15 is 0 Å². The lowest BCUT2D eigenvalue weighted by atomic mass is 10.3. The maximum Gasteiger partial charge on any atom is 0.246 e. The fourth-order valence-electron chi connectivity index (χ4n) is 1.68. The van der Waals surface area contributed by atoms with Crippen molar-refractivity contribution in [2.45, 2.75) is 20.0 Å². The van der Waals surface area contributed by atoms with Gasteiger partial charge in [0.25, 0.3) is 0 Å². The van der Waals surface area contributed by atoms with Gasteiger partial charge in [-0.15, -0.1) is 5.10 Å². The normalized spacial score (nSPS) is 10.6. The van der Waals surface area contributed by atoms with Crippen molar-refractivity contribution in [3.63, 3.8) is 0 Å². The minimum atomic E-state index is -0.155. The topological polar surface area (TPSA) is 71.8 Å². The molecular weight excluding hydrogens is 402 g/mol. The molecule has 0 radical (unpaired) electrons. The first-order valence-electron chi connectivity index (χ1n) is 6.43. The Morgan fingerprint density at radius 2 is 2.19 bits per heavy atom. The third-order valence-electron chi connectivity index (χ3n) is 2.65. The Morgan fingerprint density at radius 3 is 2.90 bits per heavy atom. The molecule has 112 valence electrons. The molecule has 1 amide bonds. The molecule has 1 aromatic carbocycles. The van der Waals surface area contributed by atoms with E-state index in [1.54, 1.807) is 6.20 Å². The van der Waals surface area contributed by atoms with Crippen LogP contribution in [0.5, 0.6) is 0 Å². The van der Waals surface area contributed by atoms with Crippen LogP contribution in [0, 0.1) is 0 Å². The van der Waals surface area contributed by atoms with Gasteiger partial charge in [0.1, 0.15) is 6.54 Å². The number of anilines is 1. The number of halogens is 2. The Balaban J connectivity index is 1.93. The van der Waals surface area contributed by atoms with Gasteiger partial charge in [0, 0.05) is 15.5 Å². The lowest BCUT2D eigenvalue weighted by molar-refractivity contribution is -0.116. The first-order valence-corrected chi connectivity index (χ1v) is 8.01. The predicted octanol–water partition coefficient (Wildman–Crippen LogP) is 2.55. The van der Waals surface area contributed by atoms with E-state index in [0.717, 1.165) is 26.9 Å². The average molecular weight is 417 g/mol. The van der Waals surface area contributed by atoms with Gasteiger partial charge in [-0.3, -0.25) is 4.79 Å². The first kappa shape index (κ1) is 16.1. The van der Waals surface area contributed by atoms with Crippen LogP contribution in [-0.4, -0.2) is 27.4 Å². The van der Waals surface area contributed by atoms with Gasteiger partial charge in [-0.25, -0.2) is 4.68 Å². The number of benzene rings is 1. The molecule has 8 heteroatoms. The lowest BCUT2D eigenvalue weighted by Crippen LogP contribution is -2.19. The number of hydrogen-bond acceptors (Lipinski definition) is 4. The fourth-order valence-corrected chi connectivity index (χ4v) is 2.82. The van der Waals surface area contributed by atoms with Crippen LogP contribution in [0.25, 0.3) is 0 Å². The van der Waals surface area contributed by atoms with Crippen molar-refractivity contribution in [1.82, 2.24) is 20.3 Å². The largest absolute Gasteiger partial charge is 0.323 e. The summed E-state index contributed by atoms with van der Waals surface area (Å²) in [6.07, 6.45) is 1.76. The van der Waals surface area contributed by atoms with Crippen LogP contribution >= 0.6 is 31.9 Å². The van der Waals surface area contributed by atoms with Crippen molar-refractivity contribution in [2.75, 3.05) is 11.9 Å². The second-order valence-corrected chi connectivity index (χ2v) is 6.13. The number of carbonyl (C=O) groups is 1. The zero-order valence-electron chi connectivity index (χ0n) is 11.4. The number of rotatable bonds is 6. The molecule has 0 aliphatic rings. The molecule has 0 unspecified atom stereocenters. The third kappa shape index (κ3) is 4.90. The van der Waals surface area contributed by atoms with Gasteiger partial charge in [0.2, 0.25) is 5.91 Å². The molecule has 0 bridgehead atoms. The molecule has 0 atom stereocenters. The van der Waals surface area contributed by atoms with E-state index in [4.69, 9.17) is 0 Å². The third-order valence-corrected chi connectivity index (χ3v) is 3.80. The van der Waals surface area contributed by atoms with E-state index in [1.807, 2.05) is 25.1 Å². The van der Waals surface area contributed by atoms with Crippen molar-refractivity contribution >= 4 is 43.5 Å². The summed E-state index contributed by atoms with van der Waals surface area (Å²) in [5, 5.41) is 13.9. The fraction of sp³-hybridized carbons (Fsp3) is 0.308. The summed E-state index contributed by atoms with van der Waals surface area (Å²) in [4.78, 5) is 12.0. The van der Waals surface area contributed by atoms with Gasteiger partial charge in [-0.2, -0.15) is 0 Å². The molecule has 21 heavy (non-hydrogen) atoms. The number of hydrogen-bond donors (Lipinski definition) is 2. The van der Waals surface area contributed by atoms with Crippen LogP contribution in [0.1, 0.15) is 12.6 Å². The molecule has 0 saturated carbocycles. The second kappa shape index (κ2) is 7.67. The highest BCUT2D eigenvalue weighted by Gasteiger charge is 2.08. The molecule has 2 N–H and O–H groups in total. The summed E-state index contributed by atoms with van der Waals surface area (Å²) in [6, 6.07) is 5.56. The van der Waals surface area contributed by atoms with Crippen molar-refractivity contribution < 1.29 is 4.79 Å². The molecule has 6 nitrogen and oxygen atoms in total. The SMILES string of the molecule is CCNCc1cn(CC(=O)Nc2ccc(Br)cc2Br)nn1. The summed E-state index contributed by atoms with van der Waals surface area (Å²) >= 11 is 6.77. The first-order chi connectivity index (χ1) is 10.1.